The average molecular weight is 341 g/mol. The van der Waals surface area contributed by atoms with Crippen LogP contribution in [-0.4, -0.2) is 33.9 Å². The lowest BCUT2D eigenvalue weighted by Crippen LogP contribution is -2.40. The van der Waals surface area contributed by atoms with Crippen molar-refractivity contribution in [3.8, 4) is 0 Å². The minimum Gasteiger partial charge on any atom is -0.342 e. The summed E-state index contributed by atoms with van der Waals surface area (Å²) in [4.78, 5) is 23.9. The van der Waals surface area contributed by atoms with Crippen molar-refractivity contribution in [2.24, 2.45) is 5.92 Å². The Morgan fingerprint density at radius 3 is 3.12 bits per heavy atom. The van der Waals surface area contributed by atoms with Gasteiger partial charge in [0, 0.05) is 42.7 Å². The quantitative estimate of drug-likeness (QED) is 0.853. The highest BCUT2D eigenvalue weighted by atomic mass is 32.1. The maximum Gasteiger partial charge on any atom is 0.226 e. The summed E-state index contributed by atoms with van der Waals surface area (Å²) in [6.07, 6.45) is 7.89. The summed E-state index contributed by atoms with van der Waals surface area (Å²) in [5, 5.41) is 3.37. The Bertz CT molecular complexity index is 714. The van der Waals surface area contributed by atoms with Crippen LogP contribution in [0.1, 0.15) is 54.3 Å². The molecule has 0 unspecified atom stereocenters. The van der Waals surface area contributed by atoms with Gasteiger partial charge in [0.15, 0.2) is 0 Å². The number of rotatable bonds is 4. The largest absolute Gasteiger partial charge is 0.342 e. The van der Waals surface area contributed by atoms with E-state index in [2.05, 4.69) is 28.3 Å². The Labute approximate surface area is 146 Å². The molecule has 2 aliphatic rings. The zero-order chi connectivity index (χ0) is 16.5. The first kappa shape index (κ1) is 15.8. The van der Waals surface area contributed by atoms with Gasteiger partial charge in [-0.05, 0) is 43.2 Å². The smallest absolute Gasteiger partial charge is 0.226 e. The number of carbonyl (C=O) groups excluding carboxylic acids is 1. The van der Waals surface area contributed by atoms with Crippen LogP contribution in [0.3, 0.4) is 0 Å². The fraction of sp³-hybridized carbons (Fsp3) is 0.526. The molecule has 0 bridgehead atoms. The number of aromatic nitrogens is 2. The van der Waals surface area contributed by atoms with Gasteiger partial charge in [-0.25, -0.2) is 4.98 Å². The number of thiazole rings is 1. The van der Waals surface area contributed by atoms with E-state index < -0.39 is 0 Å². The highest BCUT2D eigenvalue weighted by molar-refractivity contribution is 7.09. The van der Waals surface area contributed by atoms with E-state index in [4.69, 9.17) is 4.98 Å². The predicted octanol–water partition coefficient (Wildman–Crippen LogP) is 3.61. The van der Waals surface area contributed by atoms with E-state index in [1.165, 1.54) is 16.3 Å². The molecule has 24 heavy (non-hydrogen) atoms. The van der Waals surface area contributed by atoms with Crippen LogP contribution in [0.25, 0.3) is 0 Å². The van der Waals surface area contributed by atoms with Gasteiger partial charge in [-0.2, -0.15) is 0 Å². The fourth-order valence-electron chi connectivity index (χ4n) is 3.72. The third kappa shape index (κ3) is 3.09. The van der Waals surface area contributed by atoms with Crippen LogP contribution in [0.4, 0.5) is 0 Å². The molecule has 1 saturated carbocycles. The van der Waals surface area contributed by atoms with E-state index >= 15 is 0 Å². The van der Waals surface area contributed by atoms with Crippen molar-refractivity contribution in [3.63, 3.8) is 0 Å². The second-order valence-corrected chi connectivity index (χ2v) is 7.78. The fourth-order valence-corrected chi connectivity index (χ4v) is 4.75. The summed E-state index contributed by atoms with van der Waals surface area (Å²) in [5.41, 5.74) is 2.38. The summed E-state index contributed by atoms with van der Waals surface area (Å²) in [7, 11) is 0. The van der Waals surface area contributed by atoms with E-state index in [9.17, 15) is 4.79 Å². The van der Waals surface area contributed by atoms with Crippen molar-refractivity contribution in [2.45, 2.75) is 44.4 Å². The summed E-state index contributed by atoms with van der Waals surface area (Å²) in [6, 6.07) is 4.05. The molecule has 4 rings (SSSR count). The van der Waals surface area contributed by atoms with E-state index in [0.717, 1.165) is 38.8 Å². The van der Waals surface area contributed by atoms with Crippen molar-refractivity contribution in [1.29, 1.82) is 0 Å². The molecule has 2 aromatic rings. The highest BCUT2D eigenvalue weighted by Gasteiger charge is 2.46. The van der Waals surface area contributed by atoms with Crippen LogP contribution < -0.4 is 0 Å². The Kier molecular flexibility index (Phi) is 4.35. The molecule has 2 fully saturated rings. The maximum absolute atomic E-state index is 12.9. The first-order valence-corrected chi connectivity index (χ1v) is 9.77. The van der Waals surface area contributed by atoms with Crippen LogP contribution in [0.15, 0.2) is 29.9 Å². The molecule has 1 aliphatic carbocycles. The highest BCUT2D eigenvalue weighted by Crippen LogP contribution is 2.48. The normalized spacial score (nSPS) is 26.4. The summed E-state index contributed by atoms with van der Waals surface area (Å²) >= 11 is 1.76. The van der Waals surface area contributed by atoms with Gasteiger partial charge in [0.1, 0.15) is 0 Å². The van der Waals surface area contributed by atoms with Crippen LogP contribution in [0.5, 0.6) is 0 Å². The molecule has 4 nitrogen and oxygen atoms in total. The second kappa shape index (κ2) is 6.63. The Morgan fingerprint density at radius 2 is 2.38 bits per heavy atom. The van der Waals surface area contributed by atoms with E-state index in [1.54, 1.807) is 17.5 Å². The van der Waals surface area contributed by atoms with Crippen LogP contribution in [-0.2, 0) is 11.2 Å². The first-order chi connectivity index (χ1) is 11.8. The average Bonchev–Trinajstić information content (AvgIpc) is 3.30. The number of amides is 1. The van der Waals surface area contributed by atoms with Crippen molar-refractivity contribution >= 4 is 17.2 Å². The van der Waals surface area contributed by atoms with E-state index in [0.29, 0.717) is 17.7 Å². The summed E-state index contributed by atoms with van der Waals surface area (Å²) in [6.45, 7) is 3.88. The van der Waals surface area contributed by atoms with Gasteiger partial charge >= 0.3 is 0 Å². The van der Waals surface area contributed by atoms with E-state index in [-0.39, 0.29) is 5.92 Å². The molecule has 3 heterocycles. The first-order valence-electron chi connectivity index (χ1n) is 8.89. The van der Waals surface area contributed by atoms with Gasteiger partial charge in [-0.1, -0.05) is 13.0 Å². The molecule has 2 aromatic heterocycles. The third-order valence-electron chi connectivity index (χ3n) is 5.23. The van der Waals surface area contributed by atoms with Gasteiger partial charge in [0.25, 0.3) is 0 Å². The Balaban J connectivity index is 1.40. The molecule has 1 aliphatic heterocycles. The number of pyridine rings is 1. The molecule has 0 radical (unpaired) electrons. The molecular weight excluding hydrogens is 318 g/mol. The molecule has 0 N–H and O–H groups in total. The zero-order valence-electron chi connectivity index (χ0n) is 14.0. The maximum atomic E-state index is 12.9. The summed E-state index contributed by atoms with van der Waals surface area (Å²) in [5.74, 6) is 1.29. The van der Waals surface area contributed by atoms with Crippen molar-refractivity contribution in [3.05, 3.63) is 46.2 Å². The lowest BCUT2D eigenvalue weighted by molar-refractivity contribution is -0.133. The van der Waals surface area contributed by atoms with Crippen LogP contribution in [0, 0.1) is 5.92 Å². The molecule has 1 saturated heterocycles. The monoisotopic (exact) mass is 341 g/mol. The number of aryl methyl sites for hydroxylation is 1. The van der Waals surface area contributed by atoms with Crippen molar-refractivity contribution < 1.29 is 4.79 Å². The summed E-state index contributed by atoms with van der Waals surface area (Å²) < 4.78 is 0. The van der Waals surface area contributed by atoms with Gasteiger partial charge in [0.05, 0.1) is 10.7 Å². The standard InChI is InChI=1S/C19H23N3OS/c1-2-15-12-24-18(21-15)14-6-4-8-22(11-14)19(23)17-9-16(17)13-5-3-7-20-10-13/h3,5,7,10,12,14,16-17H,2,4,6,8-9,11H2,1H3/t14-,16-,17-/m1/s1. The van der Waals surface area contributed by atoms with Crippen LogP contribution in [0.2, 0.25) is 0 Å². The molecular formula is C19H23N3OS. The molecule has 0 spiro atoms. The number of likely N-dealkylation sites (tertiary alicyclic amines) is 1. The minimum absolute atomic E-state index is 0.162. The SMILES string of the molecule is CCc1csc([C@@H]2CCCN(C(=O)[C@@H]3C[C@@H]3c3cccnc3)C2)n1. The Hall–Kier alpha value is -1.75. The second-order valence-electron chi connectivity index (χ2n) is 6.89. The molecule has 0 aromatic carbocycles. The van der Waals surface area contributed by atoms with Gasteiger partial charge < -0.3 is 4.90 Å². The van der Waals surface area contributed by atoms with Gasteiger partial charge in [-0.15, -0.1) is 11.3 Å². The van der Waals surface area contributed by atoms with Crippen LogP contribution >= 0.6 is 11.3 Å². The molecule has 126 valence electrons. The van der Waals surface area contributed by atoms with Gasteiger partial charge in [0.2, 0.25) is 5.91 Å². The number of carbonyl (C=O) groups is 1. The number of piperidine rings is 1. The van der Waals surface area contributed by atoms with Gasteiger partial charge in [-0.3, -0.25) is 9.78 Å². The molecule has 5 heteroatoms. The topological polar surface area (TPSA) is 46.1 Å². The van der Waals surface area contributed by atoms with E-state index in [1.807, 2.05) is 12.3 Å². The predicted molar refractivity (Wildman–Crippen MR) is 95.1 cm³/mol. The number of hydrogen-bond acceptors (Lipinski definition) is 4. The van der Waals surface area contributed by atoms with Crippen molar-refractivity contribution in [2.75, 3.05) is 13.1 Å². The lowest BCUT2D eigenvalue weighted by Gasteiger charge is -2.32. The Morgan fingerprint density at radius 1 is 1.46 bits per heavy atom. The minimum atomic E-state index is 0.162. The zero-order valence-corrected chi connectivity index (χ0v) is 14.8. The molecule has 3 atom stereocenters. The third-order valence-corrected chi connectivity index (χ3v) is 6.29. The van der Waals surface area contributed by atoms with Crippen molar-refractivity contribution in [1.82, 2.24) is 14.9 Å². The number of nitrogens with zero attached hydrogens (tertiary/aromatic N) is 3. The lowest BCUT2D eigenvalue weighted by atomic mass is 9.98. The molecule has 1 amide bonds. The number of hydrogen-bond donors (Lipinski definition) is 0.